The highest BCUT2D eigenvalue weighted by molar-refractivity contribution is 7.89. The lowest BCUT2D eigenvalue weighted by atomic mass is 9.81. The summed E-state index contributed by atoms with van der Waals surface area (Å²) in [6.07, 6.45) is 1.62. The molecule has 0 saturated carbocycles. The van der Waals surface area contributed by atoms with Crippen molar-refractivity contribution in [3.05, 3.63) is 29.8 Å². The van der Waals surface area contributed by atoms with E-state index in [0.29, 0.717) is 24.4 Å². The molecule has 1 unspecified atom stereocenters. The van der Waals surface area contributed by atoms with Gasteiger partial charge >= 0.3 is 0 Å². The number of piperidine rings is 1. The molecule has 2 rings (SSSR count). The van der Waals surface area contributed by atoms with Crippen LogP contribution >= 0.6 is 0 Å². The predicted molar refractivity (Wildman–Crippen MR) is 81.0 cm³/mol. The van der Waals surface area contributed by atoms with Crippen LogP contribution in [0.5, 0.6) is 0 Å². The predicted octanol–water partition coefficient (Wildman–Crippen LogP) is 2.00. The molecular weight excluding hydrogens is 272 g/mol. The van der Waals surface area contributed by atoms with Gasteiger partial charge in [-0.2, -0.15) is 4.31 Å². The summed E-state index contributed by atoms with van der Waals surface area (Å²) in [7, 11) is -3.40. The van der Waals surface area contributed by atoms with Crippen LogP contribution in [-0.4, -0.2) is 31.9 Å². The molecule has 1 aliphatic heterocycles. The number of benzene rings is 1. The van der Waals surface area contributed by atoms with Crippen LogP contribution < -0.4 is 5.73 Å². The van der Waals surface area contributed by atoms with Gasteiger partial charge in [-0.05, 0) is 36.0 Å². The van der Waals surface area contributed by atoms with Crippen molar-refractivity contribution in [2.75, 3.05) is 13.1 Å². The van der Waals surface area contributed by atoms with Gasteiger partial charge < -0.3 is 5.73 Å². The maximum atomic E-state index is 12.7. The van der Waals surface area contributed by atoms with Crippen molar-refractivity contribution in [2.24, 2.45) is 11.1 Å². The molecule has 4 nitrogen and oxygen atoms in total. The van der Waals surface area contributed by atoms with E-state index in [1.165, 1.54) is 0 Å². The van der Waals surface area contributed by atoms with E-state index in [1.807, 2.05) is 26.0 Å². The first kappa shape index (κ1) is 15.5. The summed E-state index contributed by atoms with van der Waals surface area (Å²) in [5.41, 5.74) is 7.03. The summed E-state index contributed by atoms with van der Waals surface area (Å²) in [6.45, 7) is 7.09. The Labute approximate surface area is 122 Å². The van der Waals surface area contributed by atoms with Crippen molar-refractivity contribution in [1.82, 2.24) is 4.31 Å². The van der Waals surface area contributed by atoms with Crippen molar-refractivity contribution in [1.29, 1.82) is 0 Å². The third kappa shape index (κ3) is 2.90. The molecule has 1 heterocycles. The van der Waals surface area contributed by atoms with Crippen LogP contribution in [-0.2, 0) is 16.4 Å². The van der Waals surface area contributed by atoms with Gasteiger partial charge in [-0.3, -0.25) is 0 Å². The lowest BCUT2D eigenvalue weighted by Crippen LogP contribution is -2.53. The lowest BCUT2D eigenvalue weighted by Gasteiger charge is -2.41. The standard InChI is InChI=1S/C15H24N2O2S/c1-4-12-5-7-13(8-6-12)20(18,19)17-10-9-14(16)15(2,3)11-17/h5-8,14H,4,9-11,16H2,1-3H3. The molecule has 1 aliphatic rings. The van der Waals surface area contributed by atoms with E-state index in [2.05, 4.69) is 6.92 Å². The molecule has 1 saturated heterocycles. The molecule has 112 valence electrons. The van der Waals surface area contributed by atoms with Gasteiger partial charge in [0.25, 0.3) is 0 Å². The average molecular weight is 296 g/mol. The second-order valence-electron chi connectivity index (χ2n) is 6.22. The fraction of sp³-hybridized carbons (Fsp3) is 0.600. The molecule has 0 aromatic heterocycles. The van der Waals surface area contributed by atoms with Crippen LogP contribution in [0.2, 0.25) is 0 Å². The minimum Gasteiger partial charge on any atom is -0.327 e. The fourth-order valence-electron chi connectivity index (χ4n) is 2.58. The molecule has 0 radical (unpaired) electrons. The number of hydrogen-bond donors (Lipinski definition) is 1. The van der Waals surface area contributed by atoms with Gasteiger partial charge in [-0.1, -0.05) is 32.9 Å². The topological polar surface area (TPSA) is 63.4 Å². The summed E-state index contributed by atoms with van der Waals surface area (Å²) in [4.78, 5) is 0.376. The van der Waals surface area contributed by atoms with Crippen molar-refractivity contribution in [3.8, 4) is 0 Å². The molecular formula is C15H24N2O2S. The maximum Gasteiger partial charge on any atom is 0.243 e. The molecule has 2 N–H and O–H groups in total. The molecule has 20 heavy (non-hydrogen) atoms. The van der Waals surface area contributed by atoms with Crippen LogP contribution in [0, 0.1) is 5.41 Å². The SMILES string of the molecule is CCc1ccc(S(=O)(=O)N2CCC(N)C(C)(C)C2)cc1. The van der Waals surface area contributed by atoms with Gasteiger partial charge in [-0.15, -0.1) is 0 Å². The smallest absolute Gasteiger partial charge is 0.243 e. The Kier molecular flexibility index (Phi) is 4.23. The Bertz CT molecular complexity index is 564. The van der Waals surface area contributed by atoms with Crippen molar-refractivity contribution in [3.63, 3.8) is 0 Å². The highest BCUT2D eigenvalue weighted by Gasteiger charge is 2.38. The molecule has 0 amide bonds. The molecule has 1 aromatic carbocycles. The molecule has 0 bridgehead atoms. The summed E-state index contributed by atoms with van der Waals surface area (Å²) < 4.78 is 26.9. The first-order chi connectivity index (χ1) is 9.27. The number of nitrogens with zero attached hydrogens (tertiary/aromatic N) is 1. The number of sulfonamides is 1. The van der Waals surface area contributed by atoms with E-state index in [1.54, 1.807) is 16.4 Å². The van der Waals surface area contributed by atoms with Crippen molar-refractivity contribution < 1.29 is 8.42 Å². The second-order valence-corrected chi connectivity index (χ2v) is 8.16. The molecule has 5 heteroatoms. The quantitative estimate of drug-likeness (QED) is 0.928. The van der Waals surface area contributed by atoms with Crippen LogP contribution in [0.3, 0.4) is 0 Å². The minimum atomic E-state index is -3.40. The fourth-order valence-corrected chi connectivity index (χ4v) is 4.20. The minimum absolute atomic E-state index is 0.0522. The Balaban J connectivity index is 2.26. The third-order valence-electron chi connectivity index (χ3n) is 4.25. The normalized spacial score (nSPS) is 23.7. The molecule has 1 aromatic rings. The Morgan fingerprint density at radius 1 is 1.30 bits per heavy atom. The Hall–Kier alpha value is -0.910. The average Bonchev–Trinajstić information content (AvgIpc) is 2.41. The summed E-state index contributed by atoms with van der Waals surface area (Å²) in [5, 5.41) is 0. The molecule has 1 fully saturated rings. The Morgan fingerprint density at radius 3 is 2.40 bits per heavy atom. The van der Waals surface area contributed by atoms with Crippen LogP contribution in [0.25, 0.3) is 0 Å². The van der Waals surface area contributed by atoms with Crippen LogP contribution in [0.4, 0.5) is 0 Å². The van der Waals surface area contributed by atoms with Crippen LogP contribution in [0.15, 0.2) is 29.2 Å². The van der Waals surface area contributed by atoms with Gasteiger partial charge in [0.1, 0.15) is 0 Å². The van der Waals surface area contributed by atoms with E-state index in [0.717, 1.165) is 12.0 Å². The number of rotatable bonds is 3. The third-order valence-corrected chi connectivity index (χ3v) is 6.11. The molecule has 1 atom stereocenters. The van der Waals surface area contributed by atoms with Gasteiger partial charge in [0.2, 0.25) is 10.0 Å². The van der Waals surface area contributed by atoms with E-state index in [4.69, 9.17) is 5.73 Å². The highest BCUT2D eigenvalue weighted by Crippen LogP contribution is 2.31. The van der Waals surface area contributed by atoms with Crippen molar-refractivity contribution in [2.45, 2.75) is 44.6 Å². The second kappa shape index (κ2) is 5.47. The zero-order valence-electron chi connectivity index (χ0n) is 12.5. The van der Waals surface area contributed by atoms with Crippen LogP contribution in [0.1, 0.15) is 32.8 Å². The van der Waals surface area contributed by atoms with E-state index >= 15 is 0 Å². The summed E-state index contributed by atoms with van der Waals surface area (Å²) in [5.74, 6) is 0. The summed E-state index contributed by atoms with van der Waals surface area (Å²) in [6, 6.07) is 7.23. The van der Waals surface area contributed by atoms with Gasteiger partial charge in [0.15, 0.2) is 0 Å². The lowest BCUT2D eigenvalue weighted by molar-refractivity contribution is 0.155. The van der Waals surface area contributed by atoms with Crippen molar-refractivity contribution >= 4 is 10.0 Å². The van der Waals surface area contributed by atoms with E-state index < -0.39 is 10.0 Å². The Morgan fingerprint density at radius 2 is 1.90 bits per heavy atom. The van der Waals surface area contributed by atoms with Gasteiger partial charge in [0.05, 0.1) is 4.90 Å². The van der Waals surface area contributed by atoms with Gasteiger partial charge in [0, 0.05) is 19.1 Å². The zero-order chi connectivity index (χ0) is 15.0. The largest absolute Gasteiger partial charge is 0.327 e. The molecule has 0 spiro atoms. The number of nitrogens with two attached hydrogens (primary N) is 1. The van der Waals surface area contributed by atoms with Gasteiger partial charge in [-0.25, -0.2) is 8.42 Å². The zero-order valence-corrected chi connectivity index (χ0v) is 13.3. The molecule has 0 aliphatic carbocycles. The first-order valence-electron chi connectivity index (χ1n) is 7.12. The van der Waals surface area contributed by atoms with E-state index in [9.17, 15) is 8.42 Å². The maximum absolute atomic E-state index is 12.7. The number of aryl methyl sites for hydroxylation is 1. The first-order valence-corrected chi connectivity index (χ1v) is 8.56. The number of hydrogen-bond acceptors (Lipinski definition) is 3. The highest BCUT2D eigenvalue weighted by atomic mass is 32.2. The monoisotopic (exact) mass is 296 g/mol. The van der Waals surface area contributed by atoms with E-state index in [-0.39, 0.29) is 11.5 Å². The summed E-state index contributed by atoms with van der Waals surface area (Å²) >= 11 is 0.